The summed E-state index contributed by atoms with van der Waals surface area (Å²) in [6.45, 7) is 1.03. The van der Waals surface area contributed by atoms with Crippen molar-refractivity contribution in [3.05, 3.63) is 48.3 Å². The van der Waals surface area contributed by atoms with Crippen molar-refractivity contribution in [1.29, 1.82) is 0 Å². The second-order valence-corrected chi connectivity index (χ2v) is 5.37. The van der Waals surface area contributed by atoms with Gasteiger partial charge in [-0.05, 0) is 12.1 Å². The molecule has 2 aromatic heterocycles. The molecule has 23 heavy (non-hydrogen) atoms. The third-order valence-electron chi connectivity index (χ3n) is 3.47. The van der Waals surface area contributed by atoms with E-state index in [1.807, 2.05) is 18.2 Å². The number of anilines is 1. The van der Waals surface area contributed by atoms with Crippen molar-refractivity contribution in [3.8, 4) is 5.75 Å². The normalized spacial score (nSPS) is 17.6. The topological polar surface area (TPSA) is 73.3 Å². The average Bonchev–Trinajstić information content (AvgIpc) is 3.04. The molecule has 0 N–H and O–H groups in total. The van der Waals surface area contributed by atoms with Gasteiger partial charge in [-0.1, -0.05) is 11.6 Å². The van der Waals surface area contributed by atoms with Crippen LogP contribution in [0.15, 0.2) is 43.1 Å². The van der Waals surface area contributed by atoms with Gasteiger partial charge < -0.3 is 4.74 Å². The quantitative estimate of drug-likeness (QED) is 0.682. The highest BCUT2D eigenvalue weighted by Gasteiger charge is 2.26. The van der Waals surface area contributed by atoms with Crippen LogP contribution in [0.5, 0.6) is 5.75 Å². The van der Waals surface area contributed by atoms with Gasteiger partial charge in [-0.3, -0.25) is 4.84 Å². The number of hydrogen-bond acceptors (Lipinski definition) is 7. The Morgan fingerprint density at radius 3 is 3.00 bits per heavy atom. The van der Waals surface area contributed by atoms with Gasteiger partial charge in [0.2, 0.25) is 0 Å². The number of ether oxygens (including phenoxy) is 1. The van der Waals surface area contributed by atoms with E-state index >= 15 is 0 Å². The fraction of sp³-hybridized carbons (Fsp3) is 0.200. The zero-order valence-corrected chi connectivity index (χ0v) is 12.7. The summed E-state index contributed by atoms with van der Waals surface area (Å²) in [7, 11) is 0. The highest BCUT2D eigenvalue weighted by atomic mass is 35.5. The zero-order chi connectivity index (χ0) is 15.6. The molecule has 4 rings (SSSR count). The fourth-order valence-corrected chi connectivity index (χ4v) is 2.60. The maximum atomic E-state index is 6.04. The van der Waals surface area contributed by atoms with Crippen molar-refractivity contribution in [2.24, 2.45) is 0 Å². The van der Waals surface area contributed by atoms with E-state index in [1.54, 1.807) is 17.3 Å². The van der Waals surface area contributed by atoms with E-state index in [4.69, 9.17) is 21.2 Å². The number of hydroxylamine groups is 1. The van der Waals surface area contributed by atoms with Gasteiger partial charge in [0.15, 0.2) is 5.82 Å². The number of aromatic nitrogens is 4. The van der Waals surface area contributed by atoms with E-state index in [-0.39, 0.29) is 6.10 Å². The zero-order valence-electron chi connectivity index (χ0n) is 12.0. The first-order valence-electron chi connectivity index (χ1n) is 7.03. The molecule has 7 nitrogen and oxygen atoms in total. The van der Waals surface area contributed by atoms with Crippen LogP contribution in [0.2, 0.25) is 5.15 Å². The Morgan fingerprint density at radius 1 is 1.17 bits per heavy atom. The van der Waals surface area contributed by atoms with E-state index in [1.165, 1.54) is 12.7 Å². The van der Waals surface area contributed by atoms with Crippen LogP contribution in [-0.4, -0.2) is 39.2 Å². The summed E-state index contributed by atoms with van der Waals surface area (Å²) in [6, 6.07) is 7.34. The van der Waals surface area contributed by atoms with Crippen molar-refractivity contribution >= 4 is 28.3 Å². The van der Waals surface area contributed by atoms with Crippen LogP contribution in [0.1, 0.15) is 0 Å². The van der Waals surface area contributed by atoms with Crippen LogP contribution in [0.3, 0.4) is 0 Å². The summed E-state index contributed by atoms with van der Waals surface area (Å²) in [5.41, 5.74) is 0.745. The lowest BCUT2D eigenvalue weighted by molar-refractivity contribution is 0.126. The molecule has 3 heterocycles. The van der Waals surface area contributed by atoms with Crippen LogP contribution >= 0.6 is 11.6 Å². The van der Waals surface area contributed by atoms with E-state index in [9.17, 15) is 0 Å². The second-order valence-electron chi connectivity index (χ2n) is 5.01. The summed E-state index contributed by atoms with van der Waals surface area (Å²) >= 11 is 6.04. The number of benzene rings is 1. The van der Waals surface area contributed by atoms with Crippen molar-refractivity contribution in [1.82, 2.24) is 19.9 Å². The number of rotatable bonds is 3. The largest absolute Gasteiger partial charge is 0.486 e. The van der Waals surface area contributed by atoms with E-state index in [0.29, 0.717) is 29.9 Å². The lowest BCUT2D eigenvalue weighted by Crippen LogP contribution is -2.25. The Morgan fingerprint density at radius 2 is 2.13 bits per heavy atom. The van der Waals surface area contributed by atoms with Gasteiger partial charge >= 0.3 is 0 Å². The van der Waals surface area contributed by atoms with Crippen molar-refractivity contribution in [2.75, 3.05) is 18.2 Å². The van der Waals surface area contributed by atoms with Crippen LogP contribution < -0.4 is 9.80 Å². The van der Waals surface area contributed by atoms with Gasteiger partial charge in [-0.2, -0.15) is 0 Å². The molecule has 1 aromatic carbocycles. The molecule has 1 aliphatic heterocycles. The number of hydrogen-bond donors (Lipinski definition) is 0. The maximum absolute atomic E-state index is 6.04. The van der Waals surface area contributed by atoms with Crippen LogP contribution in [0.25, 0.3) is 10.9 Å². The van der Waals surface area contributed by atoms with Crippen LogP contribution in [0.4, 0.5) is 5.82 Å². The molecule has 1 fully saturated rings. The monoisotopic (exact) mass is 329 g/mol. The summed E-state index contributed by atoms with van der Waals surface area (Å²) in [5, 5.41) is 2.93. The molecule has 0 radical (unpaired) electrons. The molecule has 3 aromatic rings. The first-order chi connectivity index (χ1) is 11.3. The first kappa shape index (κ1) is 14.1. The number of halogens is 1. The Labute approximate surface area is 136 Å². The number of nitrogens with zero attached hydrogens (tertiary/aromatic N) is 5. The standard InChI is InChI=1S/C15H12ClN5O2/c16-15-12-2-1-10(5-13(12)18-9-20-15)23-11-6-21(22-7-11)14-3-4-17-8-19-14/h1-5,8-9,11H,6-7H2. The molecular weight excluding hydrogens is 318 g/mol. The lowest BCUT2D eigenvalue weighted by Gasteiger charge is -2.15. The third kappa shape index (κ3) is 2.88. The highest BCUT2D eigenvalue weighted by molar-refractivity contribution is 6.34. The van der Waals surface area contributed by atoms with Gasteiger partial charge in [-0.25, -0.2) is 25.0 Å². The Balaban J connectivity index is 1.49. The summed E-state index contributed by atoms with van der Waals surface area (Å²) in [5.74, 6) is 1.43. The van der Waals surface area contributed by atoms with Crippen molar-refractivity contribution in [2.45, 2.75) is 6.10 Å². The molecular formula is C15H12ClN5O2. The van der Waals surface area contributed by atoms with Crippen LogP contribution in [-0.2, 0) is 4.84 Å². The molecule has 1 unspecified atom stereocenters. The molecule has 0 amide bonds. The van der Waals surface area contributed by atoms with E-state index in [2.05, 4.69) is 19.9 Å². The SMILES string of the molecule is Clc1ncnc2cc(OC3CON(c4ccncn4)C3)ccc12. The molecule has 0 aliphatic carbocycles. The lowest BCUT2D eigenvalue weighted by atomic mass is 10.2. The number of fused-ring (bicyclic) bond motifs is 1. The summed E-state index contributed by atoms with van der Waals surface area (Å²) in [6.07, 6.45) is 4.50. The van der Waals surface area contributed by atoms with E-state index in [0.717, 1.165) is 10.9 Å². The smallest absolute Gasteiger partial charge is 0.155 e. The van der Waals surface area contributed by atoms with Gasteiger partial charge in [0.25, 0.3) is 0 Å². The summed E-state index contributed by atoms with van der Waals surface area (Å²) < 4.78 is 5.96. The Hall–Kier alpha value is -2.51. The fourth-order valence-electron chi connectivity index (χ4n) is 2.40. The van der Waals surface area contributed by atoms with Gasteiger partial charge in [0, 0.05) is 23.7 Å². The van der Waals surface area contributed by atoms with Crippen LogP contribution in [0, 0.1) is 0 Å². The minimum atomic E-state index is -0.0975. The average molecular weight is 330 g/mol. The first-order valence-corrected chi connectivity index (χ1v) is 7.41. The second kappa shape index (κ2) is 5.94. The van der Waals surface area contributed by atoms with Crippen molar-refractivity contribution in [3.63, 3.8) is 0 Å². The predicted octanol–water partition coefficient (Wildman–Crippen LogP) is 2.27. The van der Waals surface area contributed by atoms with Crippen molar-refractivity contribution < 1.29 is 9.57 Å². The van der Waals surface area contributed by atoms with Gasteiger partial charge in [-0.15, -0.1) is 0 Å². The molecule has 116 valence electrons. The Kier molecular flexibility index (Phi) is 3.64. The van der Waals surface area contributed by atoms with Gasteiger partial charge in [0.1, 0.15) is 36.3 Å². The minimum absolute atomic E-state index is 0.0975. The molecule has 1 aliphatic rings. The van der Waals surface area contributed by atoms with Gasteiger partial charge in [0.05, 0.1) is 12.1 Å². The van der Waals surface area contributed by atoms with E-state index < -0.39 is 0 Å². The molecule has 0 spiro atoms. The molecule has 1 atom stereocenters. The Bertz CT molecular complexity index is 832. The minimum Gasteiger partial charge on any atom is -0.486 e. The molecule has 0 bridgehead atoms. The summed E-state index contributed by atoms with van der Waals surface area (Å²) in [4.78, 5) is 21.8. The molecule has 0 saturated carbocycles. The third-order valence-corrected chi connectivity index (χ3v) is 3.77. The highest BCUT2D eigenvalue weighted by Crippen LogP contribution is 2.25. The molecule has 1 saturated heterocycles. The maximum Gasteiger partial charge on any atom is 0.155 e. The molecule has 8 heteroatoms. The predicted molar refractivity (Wildman–Crippen MR) is 84.3 cm³/mol.